The molecule has 4 aliphatic heterocycles. The zero-order valence-corrected chi connectivity index (χ0v) is 17.7. The molecule has 5 rings (SSSR count). The van der Waals surface area contributed by atoms with E-state index in [1.807, 2.05) is 22.9 Å². The van der Waals surface area contributed by atoms with Crippen molar-refractivity contribution in [3.8, 4) is 0 Å². The van der Waals surface area contributed by atoms with E-state index < -0.39 is 0 Å². The van der Waals surface area contributed by atoms with E-state index in [9.17, 15) is 9.59 Å². The molecule has 2 amide bonds. The Morgan fingerprint density at radius 1 is 1.18 bits per heavy atom. The number of halogens is 2. The molecule has 5 heterocycles. The Kier molecular flexibility index (Phi) is 6.23. The molecule has 4 aliphatic rings. The Bertz CT molecular complexity index is 775. The Morgan fingerprint density at radius 3 is 2.75 bits per heavy atom. The molecule has 1 aromatic rings. The van der Waals surface area contributed by atoms with E-state index in [0.717, 1.165) is 43.6 Å². The minimum atomic E-state index is -0.291. The number of rotatable bonds is 1. The molecule has 1 aromatic heterocycles. The molecular formula is C20H28Cl2N4O2. The number of carbonyl (C=O) groups is 2. The zero-order valence-electron chi connectivity index (χ0n) is 16.1. The molecule has 0 aromatic carbocycles. The molecule has 154 valence electrons. The van der Waals surface area contributed by atoms with Crippen LogP contribution in [0.4, 0.5) is 0 Å². The van der Waals surface area contributed by atoms with Gasteiger partial charge in [-0.05, 0) is 55.8 Å². The number of aromatic nitrogens is 1. The highest BCUT2D eigenvalue weighted by atomic mass is 35.5. The summed E-state index contributed by atoms with van der Waals surface area (Å²) in [6.07, 6.45) is 5.56. The van der Waals surface area contributed by atoms with Gasteiger partial charge < -0.3 is 15.1 Å². The first-order valence-corrected chi connectivity index (χ1v) is 9.87. The van der Waals surface area contributed by atoms with Crippen LogP contribution in [0.1, 0.15) is 42.5 Å². The van der Waals surface area contributed by atoms with Crippen LogP contribution in [0, 0.1) is 18.8 Å². The summed E-state index contributed by atoms with van der Waals surface area (Å²) in [5.74, 6) is 1.06. The second-order valence-corrected chi connectivity index (χ2v) is 8.41. The summed E-state index contributed by atoms with van der Waals surface area (Å²) in [5, 5.41) is 3.52. The lowest BCUT2D eigenvalue weighted by atomic mass is 9.72. The third-order valence-corrected chi connectivity index (χ3v) is 6.75. The summed E-state index contributed by atoms with van der Waals surface area (Å²) in [6, 6.07) is 2.03. The van der Waals surface area contributed by atoms with Gasteiger partial charge in [0.1, 0.15) is 6.04 Å². The van der Waals surface area contributed by atoms with Crippen LogP contribution >= 0.6 is 24.8 Å². The number of pyridine rings is 1. The van der Waals surface area contributed by atoms with Crippen molar-refractivity contribution in [1.82, 2.24) is 20.1 Å². The first kappa shape index (κ1) is 21.3. The van der Waals surface area contributed by atoms with Gasteiger partial charge in [0, 0.05) is 49.9 Å². The number of fused-ring (bicyclic) bond motifs is 5. The van der Waals surface area contributed by atoms with Gasteiger partial charge in [0.05, 0.1) is 0 Å². The van der Waals surface area contributed by atoms with Crippen LogP contribution in [-0.2, 0) is 22.7 Å². The van der Waals surface area contributed by atoms with Crippen molar-refractivity contribution >= 4 is 36.6 Å². The van der Waals surface area contributed by atoms with Gasteiger partial charge in [-0.3, -0.25) is 14.6 Å². The molecule has 2 bridgehead atoms. The second kappa shape index (κ2) is 8.17. The summed E-state index contributed by atoms with van der Waals surface area (Å²) in [7, 11) is 0. The topological polar surface area (TPSA) is 65.5 Å². The van der Waals surface area contributed by atoms with Crippen LogP contribution in [0.15, 0.2) is 12.3 Å². The van der Waals surface area contributed by atoms with Crippen molar-refractivity contribution in [3.63, 3.8) is 0 Å². The molecule has 0 saturated carbocycles. The quantitative estimate of drug-likeness (QED) is 0.746. The van der Waals surface area contributed by atoms with Gasteiger partial charge in [-0.25, -0.2) is 0 Å². The van der Waals surface area contributed by atoms with Gasteiger partial charge in [0.15, 0.2) is 0 Å². The molecule has 3 saturated heterocycles. The van der Waals surface area contributed by atoms with E-state index >= 15 is 0 Å². The number of hydrogen-bond donors (Lipinski definition) is 1. The van der Waals surface area contributed by atoms with Crippen molar-refractivity contribution < 1.29 is 9.59 Å². The number of nitrogens with zero attached hydrogens (tertiary/aromatic N) is 3. The molecule has 0 spiro atoms. The molecule has 8 heteroatoms. The molecule has 28 heavy (non-hydrogen) atoms. The van der Waals surface area contributed by atoms with Gasteiger partial charge in [-0.2, -0.15) is 0 Å². The number of hydrogen-bond acceptors (Lipinski definition) is 4. The Balaban J connectivity index is 0.00000112. The van der Waals surface area contributed by atoms with Gasteiger partial charge in [0.25, 0.3) is 0 Å². The van der Waals surface area contributed by atoms with Gasteiger partial charge in [0.2, 0.25) is 11.8 Å². The highest BCUT2D eigenvalue weighted by Crippen LogP contribution is 2.40. The van der Waals surface area contributed by atoms with Crippen LogP contribution in [-0.4, -0.2) is 51.8 Å². The van der Waals surface area contributed by atoms with E-state index in [1.165, 1.54) is 5.56 Å². The van der Waals surface area contributed by atoms with E-state index in [-0.39, 0.29) is 54.6 Å². The van der Waals surface area contributed by atoms with E-state index in [2.05, 4.69) is 16.4 Å². The summed E-state index contributed by atoms with van der Waals surface area (Å²) in [4.78, 5) is 34.6. The molecule has 0 aliphatic carbocycles. The van der Waals surface area contributed by atoms with Gasteiger partial charge >= 0.3 is 0 Å². The average molecular weight is 427 g/mol. The SMILES string of the molecule is Cc1cc2c(cn1)CN(C(=O)[C@H]1[C@@H]3CNC[C@@H](C3)[C@@H]3CCCC(=O)N31)C2.Cl.Cl. The fourth-order valence-electron chi connectivity index (χ4n) is 5.58. The lowest BCUT2D eigenvalue weighted by molar-refractivity contribution is -0.162. The Morgan fingerprint density at radius 2 is 1.93 bits per heavy atom. The normalized spacial score (nSPS) is 30.7. The van der Waals surface area contributed by atoms with Gasteiger partial charge in [-0.1, -0.05) is 0 Å². The van der Waals surface area contributed by atoms with Crippen LogP contribution in [0.25, 0.3) is 0 Å². The molecule has 6 nitrogen and oxygen atoms in total. The van der Waals surface area contributed by atoms with Crippen molar-refractivity contribution in [1.29, 1.82) is 0 Å². The van der Waals surface area contributed by atoms with Crippen LogP contribution in [0.5, 0.6) is 0 Å². The third kappa shape index (κ3) is 3.40. The number of nitrogens with one attached hydrogen (secondary N) is 1. The first-order valence-electron chi connectivity index (χ1n) is 9.87. The molecule has 0 radical (unpaired) electrons. The molecule has 1 N–H and O–H groups in total. The van der Waals surface area contributed by atoms with Crippen molar-refractivity contribution in [2.24, 2.45) is 11.8 Å². The second-order valence-electron chi connectivity index (χ2n) is 8.41. The number of amides is 2. The third-order valence-electron chi connectivity index (χ3n) is 6.75. The number of carbonyl (C=O) groups excluding carboxylic acids is 2. The Labute approximate surface area is 178 Å². The summed E-state index contributed by atoms with van der Waals surface area (Å²) in [5.41, 5.74) is 3.32. The lowest BCUT2D eigenvalue weighted by Gasteiger charge is -2.54. The van der Waals surface area contributed by atoms with Crippen molar-refractivity contribution in [3.05, 3.63) is 29.1 Å². The fourth-order valence-corrected chi connectivity index (χ4v) is 5.58. The van der Waals surface area contributed by atoms with E-state index in [1.54, 1.807) is 0 Å². The number of piperidine rings is 3. The lowest BCUT2D eigenvalue weighted by Crippen LogP contribution is -2.67. The predicted molar refractivity (Wildman–Crippen MR) is 110 cm³/mol. The summed E-state index contributed by atoms with van der Waals surface area (Å²) < 4.78 is 0. The maximum atomic E-state index is 13.5. The molecule has 0 unspecified atom stereocenters. The average Bonchev–Trinajstić information content (AvgIpc) is 3.06. The molecule has 3 fully saturated rings. The summed E-state index contributed by atoms with van der Waals surface area (Å²) >= 11 is 0. The van der Waals surface area contributed by atoms with Crippen molar-refractivity contribution in [2.45, 2.75) is 57.8 Å². The largest absolute Gasteiger partial charge is 0.332 e. The van der Waals surface area contributed by atoms with Crippen LogP contribution in [0.2, 0.25) is 0 Å². The predicted octanol–water partition coefficient (Wildman–Crippen LogP) is 2.06. The first-order chi connectivity index (χ1) is 12.6. The van der Waals surface area contributed by atoms with Crippen LogP contribution < -0.4 is 5.32 Å². The minimum Gasteiger partial charge on any atom is -0.332 e. The monoisotopic (exact) mass is 426 g/mol. The fraction of sp³-hybridized carbons (Fsp3) is 0.650. The maximum absolute atomic E-state index is 13.5. The standard InChI is InChI=1S/C20H26N4O2.2ClH/c1-12-5-15-10-23(11-16(15)9-22-12)20(26)19-14-6-13(7-21-8-14)17-3-2-4-18(25)24(17)19;;/h5,9,13-14,17,19,21H,2-4,6-8,10-11H2,1H3;2*1H/t13-,14+,17+,19-;;/m1../s1. The highest BCUT2D eigenvalue weighted by Gasteiger charge is 2.51. The number of aryl methyl sites for hydroxylation is 1. The van der Waals surface area contributed by atoms with Crippen LogP contribution in [0.3, 0.4) is 0 Å². The van der Waals surface area contributed by atoms with E-state index in [0.29, 0.717) is 25.4 Å². The zero-order chi connectivity index (χ0) is 17.8. The maximum Gasteiger partial charge on any atom is 0.246 e. The van der Waals surface area contributed by atoms with Gasteiger partial charge in [-0.15, -0.1) is 24.8 Å². The smallest absolute Gasteiger partial charge is 0.246 e. The van der Waals surface area contributed by atoms with Crippen molar-refractivity contribution in [2.75, 3.05) is 13.1 Å². The summed E-state index contributed by atoms with van der Waals surface area (Å²) in [6.45, 7) is 5.06. The molecular weight excluding hydrogens is 399 g/mol. The highest BCUT2D eigenvalue weighted by molar-refractivity contribution is 5.89. The minimum absolute atomic E-state index is 0. The Hall–Kier alpha value is -1.37. The van der Waals surface area contributed by atoms with E-state index in [4.69, 9.17) is 0 Å². The molecule has 4 atom stereocenters.